The molecule has 0 atom stereocenters. The van der Waals surface area contributed by atoms with Crippen LogP contribution in [0.1, 0.15) is 19.4 Å². The normalized spacial score (nSPS) is 11.7. The number of aromatic hydroxyl groups is 2. The Hall–Kier alpha value is -1.99. The van der Waals surface area contributed by atoms with Gasteiger partial charge in [-0.25, -0.2) is 4.79 Å². The van der Waals surface area contributed by atoms with E-state index in [2.05, 4.69) is 37.2 Å². The molecule has 0 spiro atoms. The van der Waals surface area contributed by atoms with E-state index in [9.17, 15) is 15.0 Å². The van der Waals surface area contributed by atoms with Gasteiger partial charge in [-0.2, -0.15) is 0 Å². The van der Waals surface area contributed by atoms with Gasteiger partial charge in [-0.1, -0.05) is 18.2 Å². The minimum Gasteiger partial charge on any atom is -0.507 e. The van der Waals surface area contributed by atoms with E-state index in [1.54, 1.807) is 13.8 Å². The van der Waals surface area contributed by atoms with E-state index in [0.29, 0.717) is 10.2 Å². The topological polar surface area (TPSA) is 78.8 Å². The lowest BCUT2D eigenvalue weighted by Gasteiger charge is -2.17. The van der Waals surface area contributed by atoms with E-state index < -0.39 is 5.97 Å². The molecule has 0 saturated heterocycles. The highest BCUT2D eigenvalue weighted by molar-refractivity contribution is 9.11. The average Bonchev–Trinajstić information content (AvgIpc) is 2.57. The largest absolute Gasteiger partial charge is 0.507 e. The van der Waals surface area contributed by atoms with E-state index in [-0.39, 0.29) is 33.7 Å². The molecule has 132 valence electrons. The number of nitrogens with one attached hydrogen (secondary N) is 1. The van der Waals surface area contributed by atoms with Crippen LogP contribution in [0.25, 0.3) is 5.57 Å². The predicted molar refractivity (Wildman–Crippen MR) is 104 cm³/mol. The fourth-order valence-corrected chi connectivity index (χ4v) is 3.58. The quantitative estimate of drug-likeness (QED) is 0.324. The maximum Gasteiger partial charge on any atom is 0.340 e. The highest BCUT2D eigenvalue weighted by Gasteiger charge is 2.26. The molecule has 25 heavy (non-hydrogen) atoms. The molecule has 2 aromatic carbocycles. The summed E-state index contributed by atoms with van der Waals surface area (Å²) in [5, 5.41) is 23.6. The van der Waals surface area contributed by atoms with Crippen molar-refractivity contribution in [3.05, 3.63) is 56.6 Å². The highest BCUT2D eigenvalue weighted by Crippen LogP contribution is 2.44. The first-order valence-corrected chi connectivity index (χ1v) is 9.05. The maximum atomic E-state index is 12.5. The molecule has 0 aliphatic carbocycles. The van der Waals surface area contributed by atoms with Crippen molar-refractivity contribution >= 4 is 49.1 Å². The summed E-state index contributed by atoms with van der Waals surface area (Å²) in [6.07, 6.45) is 0. The molecule has 0 bridgehead atoms. The Morgan fingerprint density at radius 2 is 1.84 bits per heavy atom. The summed E-state index contributed by atoms with van der Waals surface area (Å²) in [4.78, 5) is 12.5. The van der Waals surface area contributed by atoms with Crippen molar-refractivity contribution in [1.82, 2.24) is 0 Å². The first-order chi connectivity index (χ1) is 11.9. The van der Waals surface area contributed by atoms with Gasteiger partial charge in [0.15, 0.2) is 0 Å². The van der Waals surface area contributed by atoms with E-state index >= 15 is 0 Å². The molecule has 0 radical (unpaired) electrons. The minimum atomic E-state index is -0.610. The molecule has 0 aromatic heterocycles. The molecule has 0 heterocycles. The minimum absolute atomic E-state index is 0.123. The number of halogens is 2. The van der Waals surface area contributed by atoms with Crippen molar-refractivity contribution in [3.8, 4) is 11.5 Å². The third-order valence-electron chi connectivity index (χ3n) is 3.38. The zero-order valence-electron chi connectivity index (χ0n) is 13.6. The standard InChI is InChI=1S/C18H17Br2NO4/c1-3-25-18(24)14(10(2)21-11-7-5-4-6-8-11)15-13(22)9-12(19)17(23)16(15)20/h4-9,21-23H,3H2,1-2H3/b14-10-. The lowest BCUT2D eigenvalue weighted by Crippen LogP contribution is -2.13. The number of allylic oxidation sites excluding steroid dienone is 1. The van der Waals surface area contributed by atoms with Gasteiger partial charge in [-0.05, 0) is 63.9 Å². The van der Waals surface area contributed by atoms with Crippen LogP contribution in [0.2, 0.25) is 0 Å². The van der Waals surface area contributed by atoms with Crippen LogP contribution in [0.5, 0.6) is 11.5 Å². The van der Waals surface area contributed by atoms with Gasteiger partial charge in [-0.3, -0.25) is 0 Å². The van der Waals surface area contributed by atoms with Crippen LogP contribution < -0.4 is 5.32 Å². The van der Waals surface area contributed by atoms with Crippen LogP contribution in [0, 0.1) is 0 Å². The number of anilines is 1. The number of ether oxygens (including phenoxy) is 1. The number of rotatable bonds is 5. The molecular weight excluding hydrogens is 454 g/mol. The second-order valence-electron chi connectivity index (χ2n) is 5.13. The Kier molecular flexibility index (Phi) is 6.50. The van der Waals surface area contributed by atoms with Crippen LogP contribution in [0.15, 0.2) is 51.0 Å². The van der Waals surface area contributed by atoms with Gasteiger partial charge in [0.2, 0.25) is 0 Å². The monoisotopic (exact) mass is 469 g/mol. The lowest BCUT2D eigenvalue weighted by atomic mass is 10.0. The molecule has 3 N–H and O–H groups in total. The molecule has 0 saturated carbocycles. The second kappa shape index (κ2) is 8.40. The van der Waals surface area contributed by atoms with Gasteiger partial charge < -0.3 is 20.3 Å². The molecule has 0 aliphatic heterocycles. The molecule has 5 nitrogen and oxygen atoms in total. The highest BCUT2D eigenvalue weighted by atomic mass is 79.9. The number of phenols is 2. The molecule has 0 aliphatic rings. The van der Waals surface area contributed by atoms with Gasteiger partial charge in [0.05, 0.1) is 26.7 Å². The summed E-state index contributed by atoms with van der Waals surface area (Å²) < 4.78 is 5.63. The van der Waals surface area contributed by atoms with Crippen LogP contribution in [0.3, 0.4) is 0 Å². The predicted octanol–water partition coefficient (Wildman–Crippen LogP) is 5.03. The Balaban J connectivity index is 2.64. The first kappa shape index (κ1) is 19.3. The van der Waals surface area contributed by atoms with Gasteiger partial charge in [0.25, 0.3) is 0 Å². The summed E-state index contributed by atoms with van der Waals surface area (Å²) >= 11 is 6.40. The Bertz CT molecular complexity index is 820. The summed E-state index contributed by atoms with van der Waals surface area (Å²) in [6, 6.07) is 10.6. The zero-order chi connectivity index (χ0) is 18.6. The van der Waals surface area contributed by atoms with Crippen molar-refractivity contribution in [2.45, 2.75) is 13.8 Å². The third-order valence-corrected chi connectivity index (χ3v) is 4.76. The van der Waals surface area contributed by atoms with Gasteiger partial charge in [-0.15, -0.1) is 0 Å². The SMILES string of the molecule is CCOC(=O)/C(=C(/C)Nc1ccccc1)c1c(O)cc(Br)c(O)c1Br. The van der Waals surface area contributed by atoms with E-state index in [0.717, 1.165) is 5.69 Å². The third kappa shape index (κ3) is 4.35. The van der Waals surface area contributed by atoms with Crippen LogP contribution in [-0.4, -0.2) is 22.8 Å². The Morgan fingerprint density at radius 1 is 1.20 bits per heavy atom. The van der Waals surface area contributed by atoms with E-state index in [4.69, 9.17) is 4.74 Å². The van der Waals surface area contributed by atoms with Crippen molar-refractivity contribution in [2.75, 3.05) is 11.9 Å². The number of benzene rings is 2. The van der Waals surface area contributed by atoms with Crippen LogP contribution in [-0.2, 0) is 9.53 Å². The number of hydrogen-bond donors (Lipinski definition) is 3. The number of phenolic OH excluding ortho intramolecular Hbond substituents is 2. The van der Waals surface area contributed by atoms with E-state index in [1.807, 2.05) is 30.3 Å². The molecule has 0 unspecified atom stereocenters. The fourth-order valence-electron chi connectivity index (χ4n) is 2.28. The van der Waals surface area contributed by atoms with Crippen molar-refractivity contribution in [2.24, 2.45) is 0 Å². The van der Waals surface area contributed by atoms with Crippen molar-refractivity contribution in [3.63, 3.8) is 0 Å². The van der Waals surface area contributed by atoms with Crippen molar-refractivity contribution in [1.29, 1.82) is 0 Å². The van der Waals surface area contributed by atoms with Gasteiger partial charge in [0.1, 0.15) is 11.5 Å². The molecular formula is C18H17Br2NO4. The second-order valence-corrected chi connectivity index (χ2v) is 6.77. The van der Waals surface area contributed by atoms with Crippen molar-refractivity contribution < 1.29 is 19.7 Å². The Labute approximate surface area is 162 Å². The summed E-state index contributed by atoms with van der Waals surface area (Å²) in [7, 11) is 0. The lowest BCUT2D eigenvalue weighted by molar-refractivity contribution is -0.136. The molecule has 2 rings (SSSR count). The molecule has 0 fully saturated rings. The first-order valence-electron chi connectivity index (χ1n) is 7.47. The van der Waals surface area contributed by atoms with Crippen LogP contribution in [0.4, 0.5) is 5.69 Å². The maximum absolute atomic E-state index is 12.5. The number of carbonyl (C=O) groups is 1. The summed E-state index contributed by atoms with van der Waals surface area (Å²) in [5.41, 5.74) is 1.53. The summed E-state index contributed by atoms with van der Waals surface area (Å²) in [6.45, 7) is 3.58. The number of hydrogen-bond acceptors (Lipinski definition) is 5. The molecule has 2 aromatic rings. The zero-order valence-corrected chi connectivity index (χ0v) is 16.8. The Morgan fingerprint density at radius 3 is 2.44 bits per heavy atom. The number of para-hydroxylation sites is 1. The smallest absolute Gasteiger partial charge is 0.340 e. The van der Waals surface area contributed by atoms with E-state index in [1.165, 1.54) is 6.07 Å². The number of esters is 1. The van der Waals surface area contributed by atoms with Crippen LogP contribution >= 0.6 is 31.9 Å². The molecule has 0 amide bonds. The summed E-state index contributed by atoms with van der Waals surface area (Å²) in [5.74, 6) is -0.905. The van der Waals surface area contributed by atoms with Gasteiger partial charge >= 0.3 is 5.97 Å². The fraction of sp³-hybridized carbons (Fsp3) is 0.167. The average molecular weight is 471 g/mol. The van der Waals surface area contributed by atoms with Gasteiger partial charge in [0, 0.05) is 11.4 Å². The molecule has 7 heteroatoms. The number of carbonyl (C=O) groups excluding carboxylic acids is 1.